The van der Waals surface area contributed by atoms with Gasteiger partial charge in [0.25, 0.3) is 0 Å². The summed E-state index contributed by atoms with van der Waals surface area (Å²) in [7, 11) is 0. The van der Waals surface area contributed by atoms with Gasteiger partial charge in [-0.1, -0.05) is 42.5 Å². The average Bonchev–Trinajstić information content (AvgIpc) is 2.26. The second-order valence-electron chi connectivity index (χ2n) is 3.47. The molecule has 0 N–H and O–H groups in total. The van der Waals surface area contributed by atoms with Crippen LogP contribution in [-0.4, -0.2) is 0 Å². The third kappa shape index (κ3) is 3.21. The third-order valence-electron chi connectivity index (χ3n) is 2.44. The van der Waals surface area contributed by atoms with Crippen molar-refractivity contribution in [1.82, 2.24) is 0 Å². The Hall–Kier alpha value is -1.30. The zero-order chi connectivity index (χ0) is 10.2. The van der Waals surface area contributed by atoms with Crippen molar-refractivity contribution in [2.24, 2.45) is 0 Å². The first kappa shape index (κ1) is 10.8. The maximum atomic E-state index is 3.89. The first-order valence-electron chi connectivity index (χ1n) is 5.17. The van der Waals surface area contributed by atoms with Gasteiger partial charge in [0.05, 0.1) is 0 Å². The molecule has 74 valence electrons. The van der Waals surface area contributed by atoms with Crippen LogP contribution in [0.4, 0.5) is 0 Å². The van der Waals surface area contributed by atoms with Crippen molar-refractivity contribution in [2.45, 2.75) is 25.2 Å². The Kier molecular flexibility index (Phi) is 4.77. The largest absolute Gasteiger partial charge is 0.103 e. The molecule has 14 heavy (non-hydrogen) atoms. The lowest BCUT2D eigenvalue weighted by Gasteiger charge is -2.11. The Morgan fingerprint density at radius 3 is 2.43 bits per heavy atom. The smallest absolute Gasteiger partial charge is 0.00154 e. The van der Waals surface area contributed by atoms with Crippen LogP contribution in [0.15, 0.2) is 55.6 Å². The van der Waals surface area contributed by atoms with Gasteiger partial charge in [-0.2, -0.15) is 0 Å². The van der Waals surface area contributed by atoms with Crippen LogP contribution in [0.3, 0.4) is 0 Å². The summed E-state index contributed by atoms with van der Waals surface area (Å²) >= 11 is 0. The van der Waals surface area contributed by atoms with E-state index in [4.69, 9.17) is 0 Å². The van der Waals surface area contributed by atoms with Gasteiger partial charge in [-0.15, -0.1) is 13.2 Å². The van der Waals surface area contributed by atoms with Gasteiger partial charge in [-0.25, -0.2) is 0 Å². The van der Waals surface area contributed by atoms with Crippen LogP contribution in [0.5, 0.6) is 0 Å². The number of rotatable bonds is 6. The van der Waals surface area contributed by atoms with Crippen molar-refractivity contribution >= 4 is 0 Å². The molecule has 0 heterocycles. The molecule has 1 atom stereocenters. The summed E-state index contributed by atoms with van der Waals surface area (Å²) in [5.41, 5.74) is 1.37. The van der Waals surface area contributed by atoms with E-state index in [9.17, 15) is 0 Å². The van der Waals surface area contributed by atoms with Gasteiger partial charge in [0, 0.05) is 5.92 Å². The van der Waals surface area contributed by atoms with Crippen molar-refractivity contribution in [1.29, 1.82) is 0 Å². The lowest BCUT2D eigenvalue weighted by Crippen LogP contribution is -1.94. The fourth-order valence-corrected chi connectivity index (χ4v) is 1.60. The van der Waals surface area contributed by atoms with E-state index in [-0.39, 0.29) is 0 Å². The van der Waals surface area contributed by atoms with Crippen LogP contribution in [0.1, 0.15) is 30.7 Å². The van der Waals surface area contributed by atoms with Crippen LogP contribution in [-0.2, 0) is 0 Å². The SMILES string of the molecule is C=CCCCC(C=C)c1ccccc1. The molecular weight excluding hydrogens is 168 g/mol. The number of hydrogen-bond acceptors (Lipinski definition) is 0. The van der Waals surface area contributed by atoms with Gasteiger partial charge in [0.2, 0.25) is 0 Å². The van der Waals surface area contributed by atoms with Crippen LogP contribution in [0.25, 0.3) is 0 Å². The number of allylic oxidation sites excluding steroid dienone is 2. The fourth-order valence-electron chi connectivity index (χ4n) is 1.60. The summed E-state index contributed by atoms with van der Waals surface area (Å²) in [5.74, 6) is 0.496. The van der Waals surface area contributed by atoms with Crippen molar-refractivity contribution < 1.29 is 0 Å². The maximum absolute atomic E-state index is 3.89. The molecule has 1 aromatic carbocycles. The van der Waals surface area contributed by atoms with Crippen LogP contribution < -0.4 is 0 Å². The summed E-state index contributed by atoms with van der Waals surface area (Å²) < 4.78 is 0. The molecule has 0 bridgehead atoms. The second kappa shape index (κ2) is 6.20. The van der Waals surface area contributed by atoms with E-state index in [1.54, 1.807) is 0 Å². The van der Waals surface area contributed by atoms with E-state index >= 15 is 0 Å². The van der Waals surface area contributed by atoms with Gasteiger partial charge < -0.3 is 0 Å². The molecular formula is C14H18. The van der Waals surface area contributed by atoms with Crippen LogP contribution in [0, 0.1) is 0 Å². The lowest BCUT2D eigenvalue weighted by atomic mass is 9.94. The molecule has 0 aliphatic rings. The Balaban J connectivity index is 2.54. The van der Waals surface area contributed by atoms with Crippen molar-refractivity contribution in [3.63, 3.8) is 0 Å². The Morgan fingerprint density at radius 1 is 1.14 bits per heavy atom. The third-order valence-corrected chi connectivity index (χ3v) is 2.44. The lowest BCUT2D eigenvalue weighted by molar-refractivity contribution is 0.686. The maximum Gasteiger partial charge on any atom is 0.00154 e. The highest BCUT2D eigenvalue weighted by Crippen LogP contribution is 2.22. The quantitative estimate of drug-likeness (QED) is 0.458. The van der Waals surface area contributed by atoms with E-state index in [0.29, 0.717) is 5.92 Å². The topological polar surface area (TPSA) is 0 Å². The standard InChI is InChI=1S/C14H18/c1-3-5-7-10-13(4-2)14-11-8-6-9-12-14/h3-4,6,8-9,11-13H,1-2,5,7,10H2. The molecule has 0 aliphatic carbocycles. The molecule has 0 radical (unpaired) electrons. The van der Waals surface area contributed by atoms with Gasteiger partial charge in [0.1, 0.15) is 0 Å². The highest BCUT2D eigenvalue weighted by molar-refractivity contribution is 5.22. The summed E-state index contributed by atoms with van der Waals surface area (Å²) in [6.07, 6.45) is 7.47. The van der Waals surface area contributed by atoms with Crippen molar-refractivity contribution in [2.75, 3.05) is 0 Å². The fraction of sp³-hybridized carbons (Fsp3) is 0.286. The highest BCUT2D eigenvalue weighted by atomic mass is 14.1. The predicted octanol–water partition coefficient (Wildman–Crippen LogP) is 4.31. The Bertz CT molecular complexity index is 271. The molecule has 1 rings (SSSR count). The van der Waals surface area contributed by atoms with Crippen molar-refractivity contribution in [3.05, 3.63) is 61.2 Å². The van der Waals surface area contributed by atoms with Gasteiger partial charge in [-0.3, -0.25) is 0 Å². The number of hydrogen-bond donors (Lipinski definition) is 0. The average molecular weight is 186 g/mol. The molecule has 0 amide bonds. The Morgan fingerprint density at radius 2 is 1.86 bits per heavy atom. The minimum absolute atomic E-state index is 0.496. The van der Waals surface area contributed by atoms with E-state index in [2.05, 4.69) is 37.4 Å². The van der Waals surface area contributed by atoms with Gasteiger partial charge in [-0.05, 0) is 24.8 Å². The molecule has 0 heteroatoms. The molecule has 0 aromatic heterocycles. The first-order chi connectivity index (χ1) is 6.88. The second-order valence-corrected chi connectivity index (χ2v) is 3.47. The predicted molar refractivity (Wildman–Crippen MR) is 63.4 cm³/mol. The zero-order valence-corrected chi connectivity index (χ0v) is 8.65. The molecule has 0 fully saturated rings. The van der Waals surface area contributed by atoms with Crippen LogP contribution in [0.2, 0.25) is 0 Å². The molecule has 0 nitrogen and oxygen atoms in total. The highest BCUT2D eigenvalue weighted by Gasteiger charge is 2.05. The minimum Gasteiger partial charge on any atom is -0.103 e. The van der Waals surface area contributed by atoms with Gasteiger partial charge >= 0.3 is 0 Å². The summed E-state index contributed by atoms with van der Waals surface area (Å²) in [6.45, 7) is 7.62. The van der Waals surface area contributed by atoms with Gasteiger partial charge in [0.15, 0.2) is 0 Å². The molecule has 0 saturated carbocycles. The monoisotopic (exact) mass is 186 g/mol. The van der Waals surface area contributed by atoms with E-state index < -0.39 is 0 Å². The molecule has 0 saturated heterocycles. The summed E-state index contributed by atoms with van der Waals surface area (Å²) in [6, 6.07) is 10.5. The van der Waals surface area contributed by atoms with Crippen molar-refractivity contribution in [3.8, 4) is 0 Å². The number of benzene rings is 1. The molecule has 1 unspecified atom stereocenters. The first-order valence-corrected chi connectivity index (χ1v) is 5.17. The van der Waals surface area contributed by atoms with E-state index in [1.807, 2.05) is 18.2 Å². The Labute approximate surface area is 87.0 Å². The summed E-state index contributed by atoms with van der Waals surface area (Å²) in [4.78, 5) is 0. The normalized spacial score (nSPS) is 12.0. The number of unbranched alkanes of at least 4 members (excludes halogenated alkanes) is 1. The molecule has 0 aliphatic heterocycles. The molecule has 0 spiro atoms. The van der Waals surface area contributed by atoms with E-state index in [0.717, 1.165) is 6.42 Å². The van der Waals surface area contributed by atoms with Crippen LogP contribution >= 0.6 is 0 Å². The molecule has 1 aromatic rings. The zero-order valence-electron chi connectivity index (χ0n) is 8.65. The summed E-state index contributed by atoms with van der Waals surface area (Å²) in [5, 5.41) is 0. The van der Waals surface area contributed by atoms with E-state index in [1.165, 1.54) is 18.4 Å². The minimum atomic E-state index is 0.496.